The van der Waals surface area contributed by atoms with Gasteiger partial charge in [-0.25, -0.2) is 4.79 Å². The molecule has 5 rings (SSSR count). The predicted molar refractivity (Wildman–Crippen MR) is 180 cm³/mol. The monoisotopic (exact) mass is 632 g/mol. The topological polar surface area (TPSA) is 147 Å². The van der Waals surface area contributed by atoms with Crippen molar-refractivity contribution in [1.29, 1.82) is 0 Å². The summed E-state index contributed by atoms with van der Waals surface area (Å²) >= 11 is 0. The van der Waals surface area contributed by atoms with Crippen molar-refractivity contribution in [3.8, 4) is 11.1 Å². The van der Waals surface area contributed by atoms with Gasteiger partial charge in [-0.3, -0.25) is 0 Å². The van der Waals surface area contributed by atoms with Crippen LogP contribution in [0.2, 0.25) is 0 Å². The summed E-state index contributed by atoms with van der Waals surface area (Å²) in [7, 11) is 0.669. The first-order valence-electron chi connectivity index (χ1n) is 15.4. The zero-order valence-corrected chi connectivity index (χ0v) is 26.5. The van der Waals surface area contributed by atoms with Crippen LogP contribution in [0.3, 0.4) is 0 Å². The number of rotatable bonds is 14. The Labute approximate surface area is 273 Å². The van der Waals surface area contributed by atoms with Crippen LogP contribution in [0.15, 0.2) is 97.6 Å². The molecule has 0 saturated carbocycles. The van der Waals surface area contributed by atoms with E-state index in [9.17, 15) is 19.1 Å². The third kappa shape index (κ3) is 7.90. The quantitative estimate of drug-likeness (QED) is 0.106. The number of ether oxygens (including phenoxy) is 1. The molecule has 0 fully saturated rings. The van der Waals surface area contributed by atoms with Gasteiger partial charge in [-0.15, -0.1) is 0 Å². The standard InChI is InChI=1S/C35H37BN6O5/c1-4-47-33(44)31(25-16-14-24(15-17-25)23-10-6-5-7-11-23)42-20-30(38-22-42)41-32(43)29(40-34(45)35(2,3)39-21-36-46)18-26-19-37-28-13-9-8-12-27(26)28/h5-17,19-20,22,29,31,37,39H,4,18,21H2,1-3H3,(H,40,45)(H,41,43). The Morgan fingerprint density at radius 3 is 2.40 bits per heavy atom. The van der Waals surface area contributed by atoms with E-state index in [1.807, 2.05) is 85.1 Å². The van der Waals surface area contributed by atoms with Gasteiger partial charge in [-0.05, 0) is 23.6 Å². The van der Waals surface area contributed by atoms with Gasteiger partial charge in [0.1, 0.15) is 0 Å². The first-order valence-corrected chi connectivity index (χ1v) is 15.4. The molecule has 3 aromatic carbocycles. The molecule has 0 aliphatic heterocycles. The van der Waals surface area contributed by atoms with Crippen molar-refractivity contribution in [3.63, 3.8) is 0 Å². The Kier molecular flexibility index (Phi) is 10.4. The molecule has 2 atom stereocenters. The normalized spacial score (nSPS) is 12.6. The molecule has 2 aromatic heterocycles. The number of H-pyrrole nitrogens is 1. The summed E-state index contributed by atoms with van der Waals surface area (Å²) in [5.41, 5.74) is 3.37. The Hall–Kier alpha value is -5.36. The first kappa shape index (κ1) is 33.0. The predicted octanol–water partition coefficient (Wildman–Crippen LogP) is 4.23. The fourth-order valence-corrected chi connectivity index (χ4v) is 5.34. The number of amides is 2. The van der Waals surface area contributed by atoms with E-state index in [2.05, 4.69) is 25.9 Å². The van der Waals surface area contributed by atoms with Gasteiger partial charge in [0.15, 0.2) is 0 Å². The number of benzene rings is 3. The number of esters is 1. The Balaban J connectivity index is 1.39. The first-order chi connectivity index (χ1) is 22.7. The molecule has 12 heteroatoms. The van der Waals surface area contributed by atoms with Crippen molar-refractivity contribution in [3.05, 3.63) is 109 Å². The van der Waals surface area contributed by atoms with E-state index in [4.69, 9.17) is 4.74 Å². The Bertz CT molecular complexity index is 1850. The molecule has 0 aliphatic carbocycles. The number of aromatic amines is 1. The molecule has 0 radical (unpaired) electrons. The van der Waals surface area contributed by atoms with Gasteiger partial charge >= 0.3 is 179 Å². The number of carbonyl (C=O) groups excluding carboxylic acids is 3. The minimum atomic E-state index is -1.12. The summed E-state index contributed by atoms with van der Waals surface area (Å²) < 4.78 is 17.9. The van der Waals surface area contributed by atoms with Gasteiger partial charge in [0.05, 0.1) is 6.61 Å². The molecule has 5 aromatic rings. The SMILES string of the molecule is CCOC(=O)C(c1ccc(-c2ccccc2)cc1)n1cnc(NC(=O)C(Cc2c[nH]c3ccccc23)NC(=O)C(C)(C)NCB=O)c1. The van der Waals surface area contributed by atoms with Crippen molar-refractivity contribution in [1.82, 2.24) is 25.2 Å². The van der Waals surface area contributed by atoms with Crippen molar-refractivity contribution in [2.75, 3.05) is 18.4 Å². The van der Waals surface area contributed by atoms with Crippen LogP contribution in [0.25, 0.3) is 22.0 Å². The molecule has 2 unspecified atom stereocenters. The molecule has 11 nitrogen and oxygen atoms in total. The molecule has 2 amide bonds. The summed E-state index contributed by atoms with van der Waals surface area (Å²) in [5, 5.41) is 9.46. The summed E-state index contributed by atoms with van der Waals surface area (Å²) in [6, 6.07) is 23.4. The van der Waals surface area contributed by atoms with Gasteiger partial charge in [0, 0.05) is 0 Å². The average molecular weight is 633 g/mol. The van der Waals surface area contributed by atoms with Gasteiger partial charge in [0.25, 0.3) is 0 Å². The van der Waals surface area contributed by atoms with Crippen LogP contribution in [0.4, 0.5) is 5.82 Å². The number of hydrogen-bond donors (Lipinski definition) is 4. The Morgan fingerprint density at radius 2 is 1.68 bits per heavy atom. The fraction of sp³-hybridized carbons (Fsp3) is 0.257. The van der Waals surface area contributed by atoms with Crippen LogP contribution in [-0.2, 0) is 30.2 Å². The number of imidazole rings is 1. The van der Waals surface area contributed by atoms with Crippen LogP contribution in [0, 0.1) is 0 Å². The zero-order valence-electron chi connectivity index (χ0n) is 26.5. The maximum atomic E-state index is 13.8. The van der Waals surface area contributed by atoms with Gasteiger partial charge < -0.3 is 4.74 Å². The van der Waals surface area contributed by atoms with Crippen molar-refractivity contribution < 1.29 is 23.8 Å². The summed E-state index contributed by atoms with van der Waals surface area (Å²) in [6.07, 6.45) is 5.00. The third-order valence-electron chi connectivity index (χ3n) is 7.91. The van der Waals surface area contributed by atoms with Crippen LogP contribution in [-0.4, -0.2) is 64.1 Å². The van der Waals surface area contributed by atoms with E-state index in [0.717, 1.165) is 27.6 Å². The van der Waals surface area contributed by atoms with Crippen molar-refractivity contribution >= 4 is 41.7 Å². The molecular weight excluding hydrogens is 595 g/mol. The second-order valence-electron chi connectivity index (χ2n) is 11.6. The summed E-state index contributed by atoms with van der Waals surface area (Å²) in [4.78, 5) is 47.8. The van der Waals surface area contributed by atoms with E-state index < -0.39 is 35.4 Å². The van der Waals surface area contributed by atoms with Crippen molar-refractivity contribution in [2.45, 2.75) is 44.8 Å². The molecule has 0 bridgehead atoms. The van der Waals surface area contributed by atoms with Crippen LogP contribution >= 0.6 is 0 Å². The summed E-state index contributed by atoms with van der Waals surface area (Å²) in [5.74, 6) is -1.22. The molecule has 240 valence electrons. The van der Waals surface area contributed by atoms with E-state index >= 15 is 0 Å². The molecule has 0 spiro atoms. The molecule has 4 N–H and O–H groups in total. The Morgan fingerprint density at radius 1 is 0.979 bits per heavy atom. The number of anilines is 1. The van der Waals surface area contributed by atoms with E-state index in [-0.39, 0.29) is 25.3 Å². The molecule has 2 heterocycles. The zero-order chi connectivity index (χ0) is 33.4. The van der Waals surface area contributed by atoms with Gasteiger partial charge in [-0.2, -0.15) is 0 Å². The van der Waals surface area contributed by atoms with Gasteiger partial charge in [0.2, 0.25) is 0 Å². The minimum absolute atomic E-state index is 0.0201. The van der Waals surface area contributed by atoms with E-state index in [0.29, 0.717) is 12.7 Å². The van der Waals surface area contributed by atoms with Gasteiger partial charge in [-0.1, -0.05) is 54.6 Å². The van der Waals surface area contributed by atoms with E-state index in [1.54, 1.807) is 31.5 Å². The number of hydrogen-bond acceptors (Lipinski definition) is 7. The molecule has 0 saturated heterocycles. The second kappa shape index (κ2) is 14.8. The average Bonchev–Trinajstić information content (AvgIpc) is 3.71. The molecule has 0 aliphatic rings. The number of nitrogens with zero attached hydrogens (tertiary/aromatic N) is 2. The molecule has 47 heavy (non-hydrogen) atoms. The summed E-state index contributed by atoms with van der Waals surface area (Å²) in [6.45, 7) is 5.21. The van der Waals surface area contributed by atoms with Crippen LogP contribution < -0.4 is 16.0 Å². The number of para-hydroxylation sites is 1. The number of fused-ring (bicyclic) bond motifs is 1. The second-order valence-corrected chi connectivity index (χ2v) is 11.6. The van der Waals surface area contributed by atoms with Crippen LogP contribution in [0.1, 0.15) is 37.9 Å². The fourth-order valence-electron chi connectivity index (χ4n) is 5.34. The number of nitrogens with one attached hydrogen (secondary N) is 4. The van der Waals surface area contributed by atoms with E-state index in [1.165, 1.54) is 6.33 Å². The maximum absolute atomic E-state index is 13.8. The van der Waals surface area contributed by atoms with Crippen LogP contribution in [0.5, 0.6) is 0 Å². The number of aromatic nitrogens is 3. The third-order valence-corrected chi connectivity index (χ3v) is 7.91. The van der Waals surface area contributed by atoms with Crippen molar-refractivity contribution in [2.24, 2.45) is 0 Å². The number of carbonyl (C=O) groups is 3. The molecular formula is C35H37BN6O5.